The molecule has 0 bridgehead atoms. The molecule has 0 aromatic heterocycles. The summed E-state index contributed by atoms with van der Waals surface area (Å²) in [7, 11) is 0. The van der Waals surface area contributed by atoms with E-state index in [2.05, 4.69) is 0 Å². The van der Waals surface area contributed by atoms with Gasteiger partial charge < -0.3 is 5.11 Å². The molecule has 0 fully saturated rings. The average molecular weight is 153 g/mol. The van der Waals surface area contributed by atoms with Crippen LogP contribution in [0.4, 0.5) is 0 Å². The number of hydrogen-bond donors (Lipinski definition) is 1. The van der Waals surface area contributed by atoms with E-state index in [9.17, 15) is 4.79 Å². The predicted octanol–water partition coefficient (Wildman–Crippen LogP) is 1.78. The van der Waals surface area contributed by atoms with Crippen LogP contribution in [0.3, 0.4) is 0 Å². The second kappa shape index (κ2) is 3.56. The van der Waals surface area contributed by atoms with Crippen LogP contribution in [0.25, 0.3) is 6.05 Å². The van der Waals surface area contributed by atoms with Crippen LogP contribution in [-0.4, -0.2) is 11.1 Å². The molecule has 11 heavy (non-hydrogen) atoms. The van der Waals surface area contributed by atoms with Crippen molar-refractivity contribution < 1.29 is 16.8 Å². The average Bonchev–Trinajstić information content (AvgIpc) is 2.24. The molecule has 0 heterocycles. The quantitative estimate of drug-likeness (QED) is 0.657. The van der Waals surface area contributed by atoms with Crippen LogP contribution in [0.15, 0.2) is 36.3 Å². The van der Waals surface area contributed by atoms with Gasteiger partial charge in [-0.2, -0.15) is 0 Å². The molecule has 0 aliphatic rings. The van der Waals surface area contributed by atoms with Crippen LogP contribution in [0.2, 0.25) is 0 Å². The van der Waals surface area contributed by atoms with Crippen LogP contribution in [0, 0.1) is 0 Å². The Balaban J connectivity index is 3.42. The van der Waals surface area contributed by atoms with E-state index >= 15 is 0 Å². The van der Waals surface area contributed by atoms with Gasteiger partial charge in [0.1, 0.15) is 0 Å². The van der Waals surface area contributed by atoms with Crippen molar-refractivity contribution >= 4 is 12.0 Å². The molecule has 0 unspecified atom stereocenters. The van der Waals surface area contributed by atoms with E-state index in [1.165, 1.54) is 12.1 Å². The molecule has 2 nitrogen and oxygen atoms in total. The summed E-state index contributed by atoms with van der Waals surface area (Å²) in [6, 6.07) is -0.161. The lowest BCUT2D eigenvalue weighted by molar-refractivity contribution is -0.131. The van der Waals surface area contributed by atoms with Gasteiger partial charge in [-0.25, -0.2) is 4.79 Å². The van der Waals surface area contributed by atoms with Crippen LogP contribution in [0.5, 0.6) is 0 Å². The highest BCUT2D eigenvalue weighted by atomic mass is 16.4. The lowest BCUT2D eigenvalue weighted by atomic mass is 10.2. The molecular formula is C9H8O2. The number of hydrogen-bond acceptors (Lipinski definition) is 1. The molecule has 0 spiro atoms. The molecule has 56 valence electrons. The second-order valence-electron chi connectivity index (χ2n) is 1.70. The summed E-state index contributed by atoms with van der Waals surface area (Å²) in [6.45, 7) is 0. The van der Waals surface area contributed by atoms with Gasteiger partial charge in [0, 0.05) is 6.05 Å². The standard InChI is InChI=1S/C9H8O2/c10-9(11)7-6-8-4-2-1-3-5-8/h1-7H,(H,10,11)/b7-6+/i1D,2D,4D,6D,7D. The van der Waals surface area contributed by atoms with E-state index in [1.807, 2.05) is 0 Å². The van der Waals surface area contributed by atoms with Crippen molar-refractivity contribution in [1.29, 1.82) is 0 Å². The molecule has 0 aliphatic carbocycles. The fourth-order valence-electron chi connectivity index (χ4n) is 0.505. The normalized spacial score (nSPS) is 18.4. The maximum atomic E-state index is 10.5. The third kappa shape index (κ3) is 2.67. The molecule has 0 saturated carbocycles. The monoisotopic (exact) mass is 153 g/mol. The van der Waals surface area contributed by atoms with Gasteiger partial charge in [-0.05, 0) is 11.6 Å². The van der Waals surface area contributed by atoms with Crippen LogP contribution < -0.4 is 0 Å². The Labute approximate surface area is 71.8 Å². The highest BCUT2D eigenvalue weighted by Crippen LogP contribution is 1.99. The van der Waals surface area contributed by atoms with Crippen molar-refractivity contribution in [3.8, 4) is 0 Å². The van der Waals surface area contributed by atoms with Crippen LogP contribution >= 0.6 is 0 Å². The fourth-order valence-corrected chi connectivity index (χ4v) is 0.505. The molecule has 0 radical (unpaired) electrons. The summed E-state index contributed by atoms with van der Waals surface area (Å²) in [4.78, 5) is 10.5. The maximum absolute atomic E-state index is 10.5. The largest absolute Gasteiger partial charge is 0.478 e. The van der Waals surface area contributed by atoms with Gasteiger partial charge in [0.15, 0.2) is 0 Å². The highest BCUT2D eigenvalue weighted by molar-refractivity contribution is 5.85. The Kier molecular flexibility index (Phi) is 1.04. The minimum Gasteiger partial charge on any atom is -0.478 e. The van der Waals surface area contributed by atoms with Crippen molar-refractivity contribution in [2.75, 3.05) is 0 Å². The number of carbonyl (C=O) groups is 1. The Bertz CT molecular complexity index is 481. The molecule has 1 aromatic carbocycles. The van der Waals surface area contributed by atoms with E-state index in [4.69, 9.17) is 12.0 Å². The Morgan fingerprint density at radius 1 is 1.73 bits per heavy atom. The topological polar surface area (TPSA) is 37.3 Å². The minimum atomic E-state index is -1.56. The van der Waals surface area contributed by atoms with Crippen molar-refractivity contribution in [1.82, 2.24) is 0 Å². The summed E-state index contributed by atoms with van der Waals surface area (Å²) in [5, 5.41) is 8.52. The van der Waals surface area contributed by atoms with Gasteiger partial charge in [-0.15, -0.1) is 0 Å². The van der Waals surface area contributed by atoms with Gasteiger partial charge in [0.05, 0.1) is 6.85 Å². The van der Waals surface area contributed by atoms with Crippen molar-refractivity contribution in [3.05, 3.63) is 41.9 Å². The zero-order valence-corrected chi connectivity index (χ0v) is 5.51. The smallest absolute Gasteiger partial charge is 0.328 e. The third-order valence-electron chi connectivity index (χ3n) is 0.907. The summed E-state index contributed by atoms with van der Waals surface area (Å²) in [6.07, 6.45) is 0. The highest BCUT2D eigenvalue weighted by Gasteiger charge is 1.85. The molecule has 0 aliphatic heterocycles. The van der Waals surface area contributed by atoms with Gasteiger partial charge in [-0.3, -0.25) is 0 Å². The molecule has 1 aromatic rings. The Morgan fingerprint density at radius 2 is 2.55 bits per heavy atom. The minimum absolute atomic E-state index is 0.131. The molecule has 0 saturated heterocycles. The summed E-state index contributed by atoms with van der Waals surface area (Å²) in [5.74, 6) is -1.56. The maximum Gasteiger partial charge on any atom is 0.328 e. The van der Waals surface area contributed by atoms with Gasteiger partial charge in [0.25, 0.3) is 0 Å². The number of aliphatic carboxylic acids is 1. The molecule has 1 rings (SSSR count). The summed E-state index contributed by atoms with van der Waals surface area (Å²) >= 11 is 0. The van der Waals surface area contributed by atoms with Crippen molar-refractivity contribution in [2.24, 2.45) is 0 Å². The van der Waals surface area contributed by atoms with Crippen molar-refractivity contribution in [3.63, 3.8) is 0 Å². The van der Waals surface area contributed by atoms with Crippen LogP contribution in [0.1, 0.15) is 12.4 Å². The van der Waals surface area contributed by atoms with E-state index in [1.54, 1.807) is 0 Å². The summed E-state index contributed by atoms with van der Waals surface area (Å²) in [5.41, 5.74) is -0.131. The first-order chi connectivity index (χ1) is 7.36. The van der Waals surface area contributed by atoms with Gasteiger partial charge in [0.2, 0.25) is 0 Å². The summed E-state index contributed by atoms with van der Waals surface area (Å²) < 4.78 is 36.5. The van der Waals surface area contributed by atoms with E-state index in [0.29, 0.717) is 0 Å². The molecular weight excluding hydrogens is 140 g/mol. The number of carboxylic acids is 1. The Morgan fingerprint density at radius 3 is 3.27 bits per heavy atom. The fraction of sp³-hybridized carbons (Fsp3) is 0. The second-order valence-corrected chi connectivity index (χ2v) is 1.70. The van der Waals surface area contributed by atoms with Gasteiger partial charge in [-0.1, -0.05) is 30.3 Å². The van der Waals surface area contributed by atoms with Crippen LogP contribution in [-0.2, 0) is 4.79 Å². The SMILES string of the molecule is [2H]/C(C(=O)O)=C(/[2H])c1ccc([2H])c([2H])c1[2H]. The zero-order valence-electron chi connectivity index (χ0n) is 10.5. The van der Waals surface area contributed by atoms with Crippen molar-refractivity contribution in [2.45, 2.75) is 0 Å². The lowest BCUT2D eigenvalue weighted by Crippen LogP contribution is -1.85. The van der Waals surface area contributed by atoms with E-state index < -0.39 is 24.1 Å². The first-order valence-corrected chi connectivity index (χ1v) is 2.84. The molecule has 2 heteroatoms. The molecule has 1 N–H and O–H groups in total. The lowest BCUT2D eigenvalue weighted by Gasteiger charge is -1.87. The number of carboxylic acid groups (broad SMARTS) is 1. The first kappa shape index (κ1) is 3.22. The number of rotatable bonds is 2. The van der Waals surface area contributed by atoms with Gasteiger partial charge >= 0.3 is 5.97 Å². The van der Waals surface area contributed by atoms with E-state index in [0.717, 1.165) is 0 Å². The molecule has 0 amide bonds. The Hall–Kier alpha value is -1.57. The predicted molar refractivity (Wildman–Crippen MR) is 43.1 cm³/mol. The zero-order chi connectivity index (χ0) is 12.5. The first-order valence-electron chi connectivity index (χ1n) is 5.34. The molecule has 0 atom stereocenters. The van der Waals surface area contributed by atoms with E-state index in [-0.39, 0.29) is 17.6 Å². The third-order valence-corrected chi connectivity index (χ3v) is 0.907. The number of benzene rings is 1.